The number of aliphatic hydroxyl groups excluding tert-OH is 1. The van der Waals surface area contributed by atoms with Crippen LogP contribution in [0, 0.1) is 0 Å². The summed E-state index contributed by atoms with van der Waals surface area (Å²) in [6, 6.07) is 3.79. The molecule has 2 aliphatic heterocycles. The van der Waals surface area contributed by atoms with Gasteiger partial charge in [0.1, 0.15) is 12.0 Å². The van der Waals surface area contributed by atoms with E-state index >= 15 is 0 Å². The SMILES string of the molecule is CC(C)(C)NC(O)CCOc1cc2coccc-2c1CC(=O)N1CCCC1. The largest absolute Gasteiger partial charge is 0.493 e. The summed E-state index contributed by atoms with van der Waals surface area (Å²) >= 11 is 0. The minimum atomic E-state index is -0.640. The Kier molecular flexibility index (Phi) is 6.07. The van der Waals surface area contributed by atoms with Gasteiger partial charge in [-0.15, -0.1) is 0 Å². The third-order valence-corrected chi connectivity index (χ3v) is 4.76. The Labute approximate surface area is 160 Å². The number of carbonyl (C=O) groups excluding carboxylic acids is 1. The fourth-order valence-corrected chi connectivity index (χ4v) is 3.52. The van der Waals surface area contributed by atoms with E-state index in [1.807, 2.05) is 37.8 Å². The summed E-state index contributed by atoms with van der Waals surface area (Å²) in [7, 11) is 0. The van der Waals surface area contributed by atoms with Gasteiger partial charge in [-0.1, -0.05) is 0 Å². The van der Waals surface area contributed by atoms with Gasteiger partial charge in [-0.3, -0.25) is 10.1 Å². The molecule has 0 aromatic carbocycles. The lowest BCUT2D eigenvalue weighted by atomic mass is 10.1. The van der Waals surface area contributed by atoms with Crippen LogP contribution in [-0.2, 0) is 11.2 Å². The van der Waals surface area contributed by atoms with Crippen molar-refractivity contribution in [1.29, 1.82) is 0 Å². The number of hydrogen-bond donors (Lipinski definition) is 2. The molecule has 0 spiro atoms. The van der Waals surface area contributed by atoms with Gasteiger partial charge >= 0.3 is 0 Å². The topological polar surface area (TPSA) is 74.9 Å². The molecule has 1 unspecified atom stereocenters. The van der Waals surface area contributed by atoms with Crippen molar-refractivity contribution in [2.24, 2.45) is 0 Å². The van der Waals surface area contributed by atoms with Crippen LogP contribution in [0.25, 0.3) is 11.1 Å². The molecule has 0 aromatic rings. The number of aliphatic hydroxyl groups is 1. The average molecular weight is 374 g/mol. The average Bonchev–Trinajstić information content (AvgIpc) is 3.22. The molecule has 0 bridgehead atoms. The third-order valence-electron chi connectivity index (χ3n) is 4.76. The summed E-state index contributed by atoms with van der Waals surface area (Å²) in [5.74, 6) is 0.835. The molecule has 0 radical (unpaired) electrons. The quantitative estimate of drug-likeness (QED) is 0.729. The van der Waals surface area contributed by atoms with Gasteiger partial charge in [-0.2, -0.15) is 0 Å². The van der Waals surface area contributed by atoms with Crippen LogP contribution >= 0.6 is 0 Å². The van der Waals surface area contributed by atoms with E-state index in [9.17, 15) is 9.90 Å². The zero-order valence-electron chi connectivity index (χ0n) is 16.5. The maximum Gasteiger partial charge on any atom is 0.227 e. The standard InChI is InChI=1S/C21H30N2O4/c1-21(2,3)22-19(24)7-11-27-18-12-15-14-26-10-6-16(15)17(18)13-20(25)23-8-4-5-9-23/h6,10,12,14,19,22,24H,4-5,7-9,11,13H2,1-3H3. The molecule has 27 heavy (non-hydrogen) atoms. The van der Waals surface area contributed by atoms with Crippen molar-refractivity contribution >= 4 is 5.91 Å². The van der Waals surface area contributed by atoms with Crippen LogP contribution in [0.1, 0.15) is 45.6 Å². The first-order chi connectivity index (χ1) is 12.8. The highest BCUT2D eigenvalue weighted by atomic mass is 16.5. The first-order valence-electron chi connectivity index (χ1n) is 9.67. The monoisotopic (exact) mass is 374 g/mol. The second kappa shape index (κ2) is 8.31. The van der Waals surface area contributed by atoms with Gasteiger partial charge in [-0.25, -0.2) is 0 Å². The van der Waals surface area contributed by atoms with Crippen LogP contribution < -0.4 is 10.1 Å². The maximum atomic E-state index is 12.6. The van der Waals surface area contributed by atoms with E-state index in [-0.39, 0.29) is 11.4 Å². The third kappa shape index (κ3) is 5.23. The van der Waals surface area contributed by atoms with E-state index < -0.39 is 6.23 Å². The summed E-state index contributed by atoms with van der Waals surface area (Å²) < 4.78 is 11.2. The highest BCUT2D eigenvalue weighted by Gasteiger charge is 2.24. The Morgan fingerprint density at radius 2 is 2.11 bits per heavy atom. The summed E-state index contributed by atoms with van der Waals surface area (Å²) in [6.45, 7) is 8.07. The Hall–Kier alpha value is -2.05. The predicted molar refractivity (Wildman–Crippen MR) is 104 cm³/mol. The number of hydrogen-bond acceptors (Lipinski definition) is 5. The van der Waals surface area contributed by atoms with Crippen molar-refractivity contribution < 1.29 is 19.1 Å². The number of amides is 1. The van der Waals surface area contributed by atoms with Crippen LogP contribution in [0.2, 0.25) is 0 Å². The maximum absolute atomic E-state index is 12.6. The summed E-state index contributed by atoms with van der Waals surface area (Å²) in [4.78, 5) is 14.6. The number of nitrogens with zero attached hydrogens (tertiary/aromatic N) is 1. The molecule has 0 aromatic heterocycles. The summed E-state index contributed by atoms with van der Waals surface area (Å²) in [5, 5.41) is 13.2. The first kappa shape index (κ1) is 19.7. The predicted octanol–water partition coefficient (Wildman–Crippen LogP) is 3.02. The van der Waals surface area contributed by atoms with Crippen molar-refractivity contribution in [2.45, 2.75) is 58.2 Å². The highest BCUT2D eigenvalue weighted by molar-refractivity contribution is 5.85. The first-order valence-corrected chi connectivity index (χ1v) is 9.67. The smallest absolute Gasteiger partial charge is 0.227 e. The minimum absolute atomic E-state index is 0.139. The second-order valence-electron chi connectivity index (χ2n) is 8.22. The van der Waals surface area contributed by atoms with Crippen molar-refractivity contribution in [2.75, 3.05) is 19.7 Å². The normalized spacial score (nSPS) is 16.1. The lowest BCUT2D eigenvalue weighted by Crippen LogP contribution is -2.44. The van der Waals surface area contributed by atoms with Crippen LogP contribution in [-0.4, -0.2) is 47.4 Å². The molecule has 3 rings (SSSR count). The van der Waals surface area contributed by atoms with Gasteiger partial charge in [-0.05, 0) is 51.3 Å². The van der Waals surface area contributed by atoms with Crippen molar-refractivity contribution in [3.8, 4) is 16.9 Å². The zero-order chi connectivity index (χ0) is 19.4. The molecule has 6 nitrogen and oxygen atoms in total. The number of carbonyl (C=O) groups is 1. The van der Waals surface area contributed by atoms with Gasteiger partial charge in [0.05, 0.1) is 25.6 Å². The van der Waals surface area contributed by atoms with Crippen LogP contribution in [0.15, 0.2) is 29.1 Å². The summed E-state index contributed by atoms with van der Waals surface area (Å²) in [6.07, 6.45) is 5.59. The zero-order valence-corrected chi connectivity index (χ0v) is 16.5. The molecule has 1 fully saturated rings. The lowest BCUT2D eigenvalue weighted by molar-refractivity contribution is -0.129. The van der Waals surface area contributed by atoms with E-state index in [0.717, 1.165) is 42.6 Å². The fraction of sp³-hybridized carbons (Fsp3) is 0.571. The lowest BCUT2D eigenvalue weighted by Gasteiger charge is -2.25. The van der Waals surface area contributed by atoms with Crippen molar-refractivity contribution in [3.63, 3.8) is 0 Å². The van der Waals surface area contributed by atoms with Crippen molar-refractivity contribution in [3.05, 3.63) is 30.2 Å². The molecule has 1 atom stereocenters. The summed E-state index contributed by atoms with van der Waals surface area (Å²) in [5.41, 5.74) is 2.64. The van der Waals surface area contributed by atoms with Crippen LogP contribution in [0.3, 0.4) is 0 Å². The van der Waals surface area contributed by atoms with Gasteiger partial charge in [0.25, 0.3) is 0 Å². The fourth-order valence-electron chi connectivity index (χ4n) is 3.52. The Morgan fingerprint density at radius 1 is 1.37 bits per heavy atom. The van der Waals surface area contributed by atoms with Crippen molar-refractivity contribution in [1.82, 2.24) is 10.2 Å². The Balaban J connectivity index is 1.68. The molecular weight excluding hydrogens is 344 g/mol. The Morgan fingerprint density at radius 3 is 2.81 bits per heavy atom. The van der Waals surface area contributed by atoms with E-state index in [0.29, 0.717) is 25.2 Å². The molecule has 6 heteroatoms. The molecule has 1 aliphatic carbocycles. The Bertz CT molecular complexity index is 728. The van der Waals surface area contributed by atoms with Crippen LogP contribution in [0.4, 0.5) is 0 Å². The number of nitrogens with one attached hydrogen (secondary N) is 1. The molecule has 2 N–H and O–H groups in total. The van der Waals surface area contributed by atoms with Gasteiger partial charge in [0, 0.05) is 36.2 Å². The van der Waals surface area contributed by atoms with E-state index in [4.69, 9.17) is 9.15 Å². The van der Waals surface area contributed by atoms with E-state index in [1.54, 1.807) is 12.5 Å². The molecule has 3 aliphatic rings. The van der Waals surface area contributed by atoms with Crippen LogP contribution in [0.5, 0.6) is 5.75 Å². The molecule has 1 saturated heterocycles. The number of rotatable bonds is 7. The number of ether oxygens (including phenoxy) is 1. The van der Waals surface area contributed by atoms with Gasteiger partial charge in [0.15, 0.2) is 0 Å². The molecule has 1 amide bonds. The highest BCUT2D eigenvalue weighted by Crippen LogP contribution is 2.37. The molecule has 2 heterocycles. The minimum Gasteiger partial charge on any atom is -0.493 e. The number of likely N-dealkylation sites (tertiary alicyclic amines) is 1. The molecule has 148 valence electrons. The van der Waals surface area contributed by atoms with Gasteiger partial charge < -0.3 is 19.2 Å². The molecular formula is C21H30N2O4. The van der Waals surface area contributed by atoms with E-state index in [1.165, 1.54) is 0 Å². The molecule has 0 saturated carbocycles. The number of fused-ring (bicyclic) bond motifs is 1. The van der Waals surface area contributed by atoms with Gasteiger partial charge in [0.2, 0.25) is 5.91 Å². The second-order valence-corrected chi connectivity index (χ2v) is 8.22. The van der Waals surface area contributed by atoms with E-state index in [2.05, 4.69) is 5.32 Å².